The second-order valence-electron chi connectivity index (χ2n) is 7.22. The van der Waals surface area contributed by atoms with Gasteiger partial charge in [-0.15, -0.1) is 0 Å². The minimum Gasteiger partial charge on any atom is -0.373 e. The molecular formula is C21H20N4O4. The lowest BCUT2D eigenvalue weighted by atomic mass is 9.97. The van der Waals surface area contributed by atoms with Gasteiger partial charge in [-0.3, -0.25) is 9.59 Å². The summed E-state index contributed by atoms with van der Waals surface area (Å²) in [5.41, 5.74) is 7.22. The predicted octanol–water partition coefficient (Wildman–Crippen LogP) is 1.86. The molecule has 3 heterocycles. The SMILES string of the molecule is Cc1ccc(-c2cccc(-c3cc(C4(O)CCN(C)C4=O)on3)c2)nc1C(N)=O. The van der Waals surface area contributed by atoms with Gasteiger partial charge in [0, 0.05) is 37.2 Å². The van der Waals surface area contributed by atoms with Crippen LogP contribution in [0.25, 0.3) is 22.5 Å². The van der Waals surface area contributed by atoms with Gasteiger partial charge in [-0.25, -0.2) is 4.98 Å². The molecule has 1 saturated heterocycles. The summed E-state index contributed by atoms with van der Waals surface area (Å²) in [6.07, 6.45) is 0.250. The fourth-order valence-electron chi connectivity index (χ4n) is 3.47. The van der Waals surface area contributed by atoms with Gasteiger partial charge in [0.15, 0.2) is 5.76 Å². The maximum Gasteiger partial charge on any atom is 0.267 e. The van der Waals surface area contributed by atoms with Gasteiger partial charge in [0.2, 0.25) is 5.60 Å². The molecule has 1 fully saturated rings. The highest BCUT2D eigenvalue weighted by Crippen LogP contribution is 2.35. The van der Waals surface area contributed by atoms with E-state index in [4.69, 9.17) is 10.3 Å². The lowest BCUT2D eigenvalue weighted by Crippen LogP contribution is -2.35. The molecular weight excluding hydrogens is 372 g/mol. The van der Waals surface area contributed by atoms with Crippen LogP contribution in [0.5, 0.6) is 0 Å². The van der Waals surface area contributed by atoms with Crippen molar-refractivity contribution in [3.63, 3.8) is 0 Å². The predicted molar refractivity (Wildman–Crippen MR) is 105 cm³/mol. The Hall–Kier alpha value is -3.52. The number of benzene rings is 1. The maximum absolute atomic E-state index is 12.3. The fourth-order valence-corrected chi connectivity index (χ4v) is 3.47. The first kappa shape index (κ1) is 18.8. The number of likely N-dealkylation sites (tertiary alicyclic amines) is 1. The Bertz CT molecular complexity index is 1120. The summed E-state index contributed by atoms with van der Waals surface area (Å²) in [7, 11) is 1.63. The molecule has 4 rings (SSSR count). The van der Waals surface area contributed by atoms with Gasteiger partial charge >= 0.3 is 0 Å². The van der Waals surface area contributed by atoms with Crippen molar-refractivity contribution in [3.05, 3.63) is 59.5 Å². The van der Waals surface area contributed by atoms with E-state index in [-0.39, 0.29) is 17.9 Å². The number of amides is 2. The second-order valence-corrected chi connectivity index (χ2v) is 7.22. The molecule has 8 nitrogen and oxygen atoms in total. The Morgan fingerprint density at radius 2 is 1.93 bits per heavy atom. The number of likely N-dealkylation sites (N-methyl/N-ethyl adjacent to an activating group) is 1. The third kappa shape index (κ3) is 3.17. The molecule has 29 heavy (non-hydrogen) atoms. The average Bonchev–Trinajstić information content (AvgIpc) is 3.31. The van der Waals surface area contributed by atoms with E-state index in [0.29, 0.717) is 23.5 Å². The number of primary amides is 1. The molecule has 1 aliphatic rings. The third-order valence-electron chi connectivity index (χ3n) is 5.21. The Morgan fingerprint density at radius 3 is 2.59 bits per heavy atom. The first-order valence-corrected chi connectivity index (χ1v) is 9.13. The topological polar surface area (TPSA) is 123 Å². The van der Waals surface area contributed by atoms with Crippen LogP contribution in [0.15, 0.2) is 47.0 Å². The molecule has 1 aromatic carbocycles. The highest BCUT2D eigenvalue weighted by Gasteiger charge is 2.48. The summed E-state index contributed by atoms with van der Waals surface area (Å²) in [6.45, 7) is 2.22. The Labute approximate surface area is 166 Å². The summed E-state index contributed by atoms with van der Waals surface area (Å²) < 4.78 is 5.31. The molecule has 8 heteroatoms. The second kappa shape index (κ2) is 6.82. The van der Waals surface area contributed by atoms with Crippen LogP contribution in [-0.4, -0.2) is 45.6 Å². The van der Waals surface area contributed by atoms with Crippen molar-refractivity contribution in [2.75, 3.05) is 13.6 Å². The van der Waals surface area contributed by atoms with Crippen LogP contribution in [0.4, 0.5) is 0 Å². The number of pyridine rings is 1. The minimum absolute atomic E-state index is 0.122. The third-order valence-corrected chi connectivity index (χ3v) is 5.21. The first-order valence-electron chi connectivity index (χ1n) is 9.13. The molecule has 0 aliphatic carbocycles. The van der Waals surface area contributed by atoms with E-state index in [2.05, 4.69) is 10.1 Å². The summed E-state index contributed by atoms with van der Waals surface area (Å²) in [5, 5.41) is 14.8. The molecule has 0 bridgehead atoms. The van der Waals surface area contributed by atoms with Crippen LogP contribution in [-0.2, 0) is 10.4 Å². The number of carbonyl (C=O) groups excluding carboxylic acids is 2. The summed E-state index contributed by atoms with van der Waals surface area (Å²) in [4.78, 5) is 29.7. The Kier molecular flexibility index (Phi) is 4.43. The lowest BCUT2D eigenvalue weighted by Gasteiger charge is -2.16. The average molecular weight is 392 g/mol. The van der Waals surface area contributed by atoms with Gasteiger partial charge in [-0.1, -0.05) is 29.4 Å². The van der Waals surface area contributed by atoms with Crippen LogP contribution in [0, 0.1) is 6.92 Å². The normalized spacial score (nSPS) is 19.0. The molecule has 0 radical (unpaired) electrons. The zero-order valence-electron chi connectivity index (χ0n) is 16.0. The molecule has 0 spiro atoms. The Morgan fingerprint density at radius 1 is 1.21 bits per heavy atom. The lowest BCUT2D eigenvalue weighted by molar-refractivity contribution is -0.144. The number of hydrogen-bond donors (Lipinski definition) is 2. The van der Waals surface area contributed by atoms with E-state index in [1.165, 1.54) is 4.90 Å². The fraction of sp³-hybridized carbons (Fsp3) is 0.238. The zero-order chi connectivity index (χ0) is 20.8. The molecule has 0 saturated carbocycles. The number of carbonyl (C=O) groups is 2. The monoisotopic (exact) mass is 392 g/mol. The summed E-state index contributed by atoms with van der Waals surface area (Å²) >= 11 is 0. The van der Waals surface area contributed by atoms with Crippen molar-refractivity contribution >= 4 is 11.8 Å². The van der Waals surface area contributed by atoms with Crippen LogP contribution in [0.2, 0.25) is 0 Å². The molecule has 2 aromatic heterocycles. The number of hydrogen-bond acceptors (Lipinski definition) is 6. The van der Waals surface area contributed by atoms with Crippen molar-refractivity contribution < 1.29 is 19.2 Å². The number of nitrogens with zero attached hydrogens (tertiary/aromatic N) is 3. The van der Waals surface area contributed by atoms with E-state index in [0.717, 1.165) is 11.1 Å². The highest BCUT2D eigenvalue weighted by atomic mass is 16.5. The van der Waals surface area contributed by atoms with E-state index < -0.39 is 17.4 Å². The Balaban J connectivity index is 1.69. The van der Waals surface area contributed by atoms with Crippen molar-refractivity contribution in [1.29, 1.82) is 0 Å². The smallest absolute Gasteiger partial charge is 0.267 e. The van der Waals surface area contributed by atoms with E-state index in [9.17, 15) is 14.7 Å². The van der Waals surface area contributed by atoms with Gasteiger partial charge in [0.25, 0.3) is 11.8 Å². The maximum atomic E-state index is 12.3. The molecule has 1 atom stereocenters. The van der Waals surface area contributed by atoms with Crippen molar-refractivity contribution in [2.45, 2.75) is 18.9 Å². The van der Waals surface area contributed by atoms with Crippen molar-refractivity contribution in [1.82, 2.24) is 15.0 Å². The van der Waals surface area contributed by atoms with Crippen LogP contribution in [0.3, 0.4) is 0 Å². The standard InChI is InChI=1S/C21H20N4O4/c1-12-6-7-15(23-18(12)19(22)26)13-4-3-5-14(10-13)16-11-17(29-24-16)21(28)8-9-25(2)20(21)27/h3-7,10-11,28H,8-9H2,1-2H3,(H2,22,26). The first-order chi connectivity index (χ1) is 13.8. The van der Waals surface area contributed by atoms with Crippen molar-refractivity contribution in [3.8, 4) is 22.5 Å². The summed E-state index contributed by atoms with van der Waals surface area (Å²) in [6, 6.07) is 12.5. The van der Waals surface area contributed by atoms with Gasteiger partial charge in [-0.05, 0) is 24.6 Å². The van der Waals surface area contributed by atoms with E-state index in [1.54, 1.807) is 26.1 Å². The van der Waals surface area contributed by atoms with E-state index in [1.807, 2.05) is 30.3 Å². The minimum atomic E-state index is -1.69. The van der Waals surface area contributed by atoms with Gasteiger partial charge in [-0.2, -0.15) is 0 Å². The van der Waals surface area contributed by atoms with Gasteiger partial charge in [0.1, 0.15) is 11.4 Å². The quantitative estimate of drug-likeness (QED) is 0.699. The van der Waals surface area contributed by atoms with Crippen LogP contribution >= 0.6 is 0 Å². The highest BCUT2D eigenvalue weighted by molar-refractivity contribution is 5.93. The summed E-state index contributed by atoms with van der Waals surface area (Å²) in [5.74, 6) is -0.866. The molecule has 1 aliphatic heterocycles. The van der Waals surface area contributed by atoms with Crippen LogP contribution in [0.1, 0.15) is 28.2 Å². The largest absolute Gasteiger partial charge is 0.373 e. The molecule has 3 aromatic rings. The zero-order valence-corrected chi connectivity index (χ0v) is 16.0. The number of nitrogens with two attached hydrogens (primary N) is 1. The van der Waals surface area contributed by atoms with Crippen LogP contribution < -0.4 is 5.73 Å². The molecule has 2 amide bonds. The molecule has 3 N–H and O–H groups in total. The number of aryl methyl sites for hydroxylation is 1. The molecule has 1 unspecified atom stereocenters. The van der Waals surface area contributed by atoms with Gasteiger partial charge < -0.3 is 20.3 Å². The van der Waals surface area contributed by atoms with E-state index >= 15 is 0 Å². The molecule has 148 valence electrons. The number of aromatic nitrogens is 2. The number of rotatable bonds is 4. The van der Waals surface area contributed by atoms with Gasteiger partial charge in [0.05, 0.1) is 5.69 Å². The van der Waals surface area contributed by atoms with Crippen molar-refractivity contribution in [2.24, 2.45) is 5.73 Å². The number of aliphatic hydroxyl groups is 1.